The Hall–Kier alpha value is -1.85. The zero-order chi connectivity index (χ0) is 21.6. The van der Waals surface area contributed by atoms with Crippen LogP contribution in [0.2, 0.25) is 0 Å². The predicted molar refractivity (Wildman–Crippen MR) is 116 cm³/mol. The molecule has 11 heteroatoms. The molecular weight excluding hydrogens is 434 g/mol. The van der Waals surface area contributed by atoms with Gasteiger partial charge in [0.2, 0.25) is 5.91 Å². The van der Waals surface area contributed by atoms with E-state index >= 15 is 0 Å². The summed E-state index contributed by atoms with van der Waals surface area (Å²) in [5.74, 6) is -0.592. The van der Waals surface area contributed by atoms with Crippen LogP contribution in [-0.2, 0) is 20.9 Å². The van der Waals surface area contributed by atoms with Gasteiger partial charge < -0.3 is 15.4 Å². The summed E-state index contributed by atoms with van der Waals surface area (Å²) in [6.07, 6.45) is 0.389. The van der Waals surface area contributed by atoms with E-state index in [4.69, 9.17) is 22.7 Å². The first-order valence-electron chi connectivity index (χ1n) is 8.83. The zero-order valence-electron chi connectivity index (χ0n) is 16.1. The number of nitrogens with zero attached hydrogens (tertiary/aromatic N) is 2. The molecule has 3 unspecified atom stereocenters. The van der Waals surface area contributed by atoms with Crippen LogP contribution in [-0.4, -0.2) is 46.9 Å². The van der Waals surface area contributed by atoms with E-state index in [0.29, 0.717) is 12.0 Å². The van der Waals surface area contributed by atoms with Crippen LogP contribution in [0.25, 0.3) is 0 Å². The van der Waals surface area contributed by atoms with Crippen LogP contribution in [0.1, 0.15) is 32.8 Å². The lowest BCUT2D eigenvalue weighted by molar-refractivity contribution is -0.384. The summed E-state index contributed by atoms with van der Waals surface area (Å²) < 4.78 is 4.60. The summed E-state index contributed by atoms with van der Waals surface area (Å²) in [6, 6.07) is 5.02. The maximum atomic E-state index is 13.1. The Bertz CT molecular complexity index is 876. The molecule has 1 amide bonds. The highest BCUT2D eigenvalue weighted by molar-refractivity contribution is 8.24. The Labute approximate surface area is 182 Å². The number of hydrogen-bond acceptors (Lipinski definition) is 8. The fourth-order valence-electron chi connectivity index (χ4n) is 3.53. The zero-order valence-corrected chi connectivity index (χ0v) is 18.6. The number of fused-ring (bicyclic) bond motifs is 1. The topological polar surface area (TPSA) is 116 Å². The van der Waals surface area contributed by atoms with Gasteiger partial charge in [0.1, 0.15) is 17.0 Å². The smallest absolute Gasteiger partial charge is 0.330 e. The first-order valence-corrected chi connectivity index (χ1v) is 10.9. The van der Waals surface area contributed by atoms with Crippen molar-refractivity contribution in [2.75, 3.05) is 0 Å². The molecule has 8 nitrogen and oxygen atoms in total. The number of nitrogens with two attached hydrogens (primary N) is 1. The fourth-order valence-corrected chi connectivity index (χ4v) is 7.01. The minimum absolute atomic E-state index is 0.0367. The van der Waals surface area contributed by atoms with Crippen LogP contribution in [0.5, 0.6) is 0 Å². The van der Waals surface area contributed by atoms with Crippen molar-refractivity contribution < 1.29 is 19.2 Å². The third-order valence-corrected chi connectivity index (χ3v) is 8.83. The van der Waals surface area contributed by atoms with Crippen LogP contribution in [0.15, 0.2) is 24.3 Å². The number of rotatable bonds is 6. The Kier molecular flexibility index (Phi) is 5.85. The number of β-lactam (4-membered cyclic amide) rings is 1. The highest BCUT2D eigenvalue weighted by atomic mass is 32.2. The molecule has 3 atom stereocenters. The van der Waals surface area contributed by atoms with Crippen LogP contribution in [0.3, 0.4) is 0 Å². The lowest BCUT2D eigenvalue weighted by atomic mass is 9.86. The normalized spacial score (nSPS) is 25.9. The standard InChI is InChI=1S/C18H21N3O5S3/c1-17(2,29-16(19)27)18(3)14(20-12(22)8-13(20)28-18)15(23)26-9-10-4-6-11(7-5-10)21(24)25/h4-7,13-14H,8-9H2,1-3H3,(H2,19,27). The first kappa shape index (κ1) is 21.8. The van der Waals surface area contributed by atoms with Gasteiger partial charge in [-0.1, -0.05) is 24.0 Å². The van der Waals surface area contributed by atoms with E-state index in [1.165, 1.54) is 36.0 Å². The molecule has 0 saturated carbocycles. The second kappa shape index (κ2) is 7.77. The van der Waals surface area contributed by atoms with Gasteiger partial charge in [-0.05, 0) is 38.5 Å². The molecule has 2 N–H and O–H groups in total. The molecule has 0 aromatic heterocycles. The third-order valence-electron chi connectivity index (χ3n) is 5.43. The minimum atomic E-state index is -0.770. The molecule has 3 rings (SSSR count). The van der Waals surface area contributed by atoms with E-state index < -0.39 is 26.4 Å². The van der Waals surface area contributed by atoms with Crippen molar-refractivity contribution in [3.63, 3.8) is 0 Å². The number of esters is 1. The lowest BCUT2D eigenvalue weighted by Crippen LogP contribution is -2.61. The van der Waals surface area contributed by atoms with Crippen LogP contribution >= 0.6 is 35.7 Å². The van der Waals surface area contributed by atoms with Gasteiger partial charge in [-0.25, -0.2) is 4.79 Å². The number of carbonyl (C=O) groups excluding carboxylic acids is 2. The summed E-state index contributed by atoms with van der Waals surface area (Å²) in [6.45, 7) is 5.81. The third kappa shape index (κ3) is 3.95. The number of ether oxygens (including phenoxy) is 1. The summed E-state index contributed by atoms with van der Waals surface area (Å²) in [5.41, 5.74) is 6.34. The quantitative estimate of drug-likeness (QED) is 0.227. The second-order valence-corrected chi connectivity index (χ2v) is 11.5. The molecule has 0 aliphatic carbocycles. The van der Waals surface area contributed by atoms with Crippen molar-refractivity contribution in [1.29, 1.82) is 0 Å². The molecule has 0 spiro atoms. The van der Waals surface area contributed by atoms with E-state index in [9.17, 15) is 19.7 Å². The number of hydrogen-bond donors (Lipinski definition) is 1. The number of non-ortho nitro benzene ring substituents is 1. The molecule has 29 heavy (non-hydrogen) atoms. The van der Waals surface area contributed by atoms with E-state index in [0.717, 1.165) is 0 Å². The van der Waals surface area contributed by atoms with Crippen molar-refractivity contribution in [3.05, 3.63) is 39.9 Å². The number of benzene rings is 1. The van der Waals surface area contributed by atoms with Gasteiger partial charge in [0.25, 0.3) is 5.69 Å². The van der Waals surface area contributed by atoms with Gasteiger partial charge in [-0.2, -0.15) is 0 Å². The van der Waals surface area contributed by atoms with Gasteiger partial charge in [0.05, 0.1) is 21.5 Å². The van der Waals surface area contributed by atoms with Crippen LogP contribution in [0.4, 0.5) is 5.69 Å². The fraction of sp³-hybridized carbons (Fsp3) is 0.500. The highest BCUT2D eigenvalue weighted by Crippen LogP contribution is 2.58. The molecule has 156 valence electrons. The molecule has 0 radical (unpaired) electrons. The summed E-state index contributed by atoms with van der Waals surface area (Å²) in [7, 11) is 0. The maximum Gasteiger partial charge on any atom is 0.330 e. The largest absolute Gasteiger partial charge is 0.459 e. The number of thiocarbonyl (C=S) groups is 1. The van der Waals surface area contributed by atoms with E-state index in [2.05, 4.69) is 0 Å². The molecule has 2 saturated heterocycles. The first-order chi connectivity index (χ1) is 13.5. The number of nitro benzene ring substituents is 1. The Morgan fingerprint density at radius 3 is 2.62 bits per heavy atom. The van der Waals surface area contributed by atoms with Gasteiger partial charge in [-0.3, -0.25) is 14.9 Å². The summed E-state index contributed by atoms with van der Waals surface area (Å²) >= 11 is 7.94. The summed E-state index contributed by atoms with van der Waals surface area (Å²) in [5, 5.41) is 10.7. The average Bonchev–Trinajstić information content (AvgIpc) is 2.87. The van der Waals surface area contributed by atoms with Gasteiger partial charge >= 0.3 is 5.97 Å². The number of carbonyl (C=O) groups is 2. The minimum Gasteiger partial charge on any atom is -0.459 e. The lowest BCUT2D eigenvalue weighted by Gasteiger charge is -2.43. The van der Waals surface area contributed by atoms with E-state index in [-0.39, 0.29) is 27.9 Å². The Morgan fingerprint density at radius 2 is 2.10 bits per heavy atom. The van der Waals surface area contributed by atoms with Gasteiger partial charge in [0.15, 0.2) is 0 Å². The van der Waals surface area contributed by atoms with Gasteiger partial charge in [-0.15, -0.1) is 11.8 Å². The van der Waals surface area contributed by atoms with Crippen molar-refractivity contribution in [2.45, 2.75) is 54.7 Å². The van der Waals surface area contributed by atoms with Crippen molar-refractivity contribution in [3.8, 4) is 0 Å². The Balaban J connectivity index is 1.79. The molecule has 2 aliphatic heterocycles. The van der Waals surface area contributed by atoms with E-state index in [1.54, 1.807) is 16.7 Å². The molecule has 0 bridgehead atoms. The van der Waals surface area contributed by atoms with Crippen molar-refractivity contribution >= 4 is 57.6 Å². The monoisotopic (exact) mass is 455 g/mol. The molecule has 2 fully saturated rings. The van der Waals surface area contributed by atoms with Crippen molar-refractivity contribution in [1.82, 2.24) is 4.90 Å². The predicted octanol–water partition coefficient (Wildman–Crippen LogP) is 2.83. The molecule has 2 aliphatic rings. The van der Waals surface area contributed by atoms with Crippen molar-refractivity contribution in [2.24, 2.45) is 5.73 Å². The maximum absolute atomic E-state index is 13.1. The molecular formula is C18H21N3O5S3. The number of thioether (sulfide) groups is 2. The molecule has 1 aromatic rings. The van der Waals surface area contributed by atoms with Crippen LogP contribution < -0.4 is 5.73 Å². The highest BCUT2D eigenvalue weighted by Gasteiger charge is 2.66. The van der Waals surface area contributed by atoms with Gasteiger partial charge in [0, 0.05) is 16.9 Å². The van der Waals surface area contributed by atoms with E-state index in [1.807, 2.05) is 20.8 Å². The average molecular weight is 456 g/mol. The second-order valence-electron chi connectivity index (χ2n) is 7.55. The summed E-state index contributed by atoms with van der Waals surface area (Å²) in [4.78, 5) is 37.1. The molecule has 2 heterocycles. The Morgan fingerprint density at radius 1 is 1.48 bits per heavy atom. The number of nitro groups is 1. The SMILES string of the molecule is CC(C)(SC(N)=S)C1(C)SC2CC(=O)N2C1C(=O)OCc1ccc([N+](=O)[O-])cc1. The van der Waals surface area contributed by atoms with Crippen LogP contribution in [0, 0.1) is 10.1 Å². The number of amides is 1. The molecule has 1 aromatic carbocycles.